The Kier molecular flexibility index (Phi) is 3.99. The maximum absolute atomic E-state index is 9.37. The second-order valence-electron chi connectivity index (χ2n) is 3.02. The normalized spacial score (nSPS) is 32.6. The van der Waals surface area contributed by atoms with Gasteiger partial charge in [0.1, 0.15) is 0 Å². The third-order valence-electron chi connectivity index (χ3n) is 1.96. The molecule has 0 heterocycles. The third-order valence-corrected chi connectivity index (χ3v) is 1.96. The average Bonchev–Trinajstić information content (AvgIpc) is 2.03. The minimum atomic E-state index is -0.0776. The van der Waals surface area contributed by atoms with Crippen LogP contribution >= 0.6 is 0 Å². The van der Waals surface area contributed by atoms with E-state index in [2.05, 4.69) is 24.3 Å². The van der Waals surface area contributed by atoms with Crippen LogP contribution in [0.2, 0.25) is 0 Å². The average molecular weight is 152 g/mol. The Labute approximate surface area is 68.4 Å². The van der Waals surface area contributed by atoms with Crippen LogP contribution in [0.1, 0.15) is 32.1 Å². The summed E-state index contributed by atoms with van der Waals surface area (Å²) in [6, 6.07) is 0. The van der Waals surface area contributed by atoms with Gasteiger partial charge in [0.15, 0.2) is 0 Å². The van der Waals surface area contributed by atoms with Gasteiger partial charge in [0.2, 0.25) is 0 Å². The Morgan fingerprint density at radius 3 is 2.55 bits per heavy atom. The quantitative estimate of drug-likeness (QED) is 0.565. The van der Waals surface area contributed by atoms with Gasteiger partial charge in [-0.15, -0.1) is 0 Å². The van der Waals surface area contributed by atoms with Crippen LogP contribution in [0.15, 0.2) is 24.3 Å². The zero-order valence-corrected chi connectivity index (χ0v) is 6.87. The van der Waals surface area contributed by atoms with E-state index in [1.165, 1.54) is 0 Å². The van der Waals surface area contributed by atoms with Gasteiger partial charge in [0.05, 0.1) is 6.10 Å². The molecule has 1 N–H and O–H groups in total. The lowest BCUT2D eigenvalue weighted by molar-refractivity contribution is 0.153. The molecule has 0 aliphatic heterocycles. The molecule has 0 aromatic heterocycles. The maximum atomic E-state index is 9.37. The number of hydrogen-bond acceptors (Lipinski definition) is 1. The lowest BCUT2D eigenvalue weighted by Crippen LogP contribution is -2.05. The SMILES string of the molecule is OC1CC/C=C\C=C/CCC1. The number of aliphatic hydroxyl groups excluding tert-OH is 1. The van der Waals surface area contributed by atoms with E-state index >= 15 is 0 Å². The van der Waals surface area contributed by atoms with E-state index in [0.29, 0.717) is 0 Å². The molecule has 62 valence electrons. The molecule has 1 heteroatoms. The zero-order chi connectivity index (χ0) is 7.94. The van der Waals surface area contributed by atoms with E-state index in [0.717, 1.165) is 32.1 Å². The van der Waals surface area contributed by atoms with Crippen LogP contribution in [0, 0.1) is 0 Å². The molecule has 1 aliphatic carbocycles. The van der Waals surface area contributed by atoms with E-state index < -0.39 is 0 Å². The van der Waals surface area contributed by atoms with Gasteiger partial charge in [-0.2, -0.15) is 0 Å². The zero-order valence-electron chi connectivity index (χ0n) is 6.87. The molecule has 0 saturated heterocycles. The van der Waals surface area contributed by atoms with Crippen LogP contribution < -0.4 is 0 Å². The van der Waals surface area contributed by atoms with Crippen molar-refractivity contribution >= 4 is 0 Å². The molecule has 0 radical (unpaired) electrons. The van der Waals surface area contributed by atoms with Gasteiger partial charge in [-0.1, -0.05) is 24.3 Å². The third kappa shape index (κ3) is 3.99. The van der Waals surface area contributed by atoms with Crippen LogP contribution in [0.5, 0.6) is 0 Å². The minimum absolute atomic E-state index is 0.0776. The van der Waals surface area contributed by atoms with Gasteiger partial charge in [0, 0.05) is 0 Å². The molecule has 11 heavy (non-hydrogen) atoms. The minimum Gasteiger partial charge on any atom is -0.393 e. The van der Waals surface area contributed by atoms with Gasteiger partial charge in [-0.25, -0.2) is 0 Å². The van der Waals surface area contributed by atoms with Crippen molar-refractivity contribution in [2.75, 3.05) is 0 Å². The summed E-state index contributed by atoms with van der Waals surface area (Å²) in [5, 5.41) is 9.37. The molecular formula is C10H16O. The predicted octanol–water partition coefficient (Wildman–Crippen LogP) is 2.42. The van der Waals surface area contributed by atoms with Crippen molar-refractivity contribution in [3.8, 4) is 0 Å². The fourth-order valence-corrected chi connectivity index (χ4v) is 1.25. The summed E-state index contributed by atoms with van der Waals surface area (Å²) in [6.07, 6.45) is 13.5. The highest BCUT2D eigenvalue weighted by Crippen LogP contribution is 2.09. The second-order valence-corrected chi connectivity index (χ2v) is 3.02. The molecule has 1 unspecified atom stereocenters. The Bertz CT molecular complexity index is 147. The summed E-state index contributed by atoms with van der Waals surface area (Å²) >= 11 is 0. The Morgan fingerprint density at radius 2 is 1.73 bits per heavy atom. The first-order chi connectivity index (χ1) is 5.39. The van der Waals surface area contributed by atoms with E-state index in [1.807, 2.05) is 0 Å². The number of aliphatic hydroxyl groups is 1. The van der Waals surface area contributed by atoms with Gasteiger partial charge in [0.25, 0.3) is 0 Å². The fourth-order valence-electron chi connectivity index (χ4n) is 1.25. The molecule has 1 nitrogen and oxygen atoms in total. The van der Waals surface area contributed by atoms with Crippen molar-refractivity contribution in [1.29, 1.82) is 0 Å². The first-order valence-electron chi connectivity index (χ1n) is 4.39. The smallest absolute Gasteiger partial charge is 0.0543 e. The van der Waals surface area contributed by atoms with Crippen molar-refractivity contribution < 1.29 is 5.11 Å². The first kappa shape index (κ1) is 8.54. The van der Waals surface area contributed by atoms with Crippen molar-refractivity contribution in [2.24, 2.45) is 0 Å². The molecule has 0 bridgehead atoms. The Hall–Kier alpha value is -0.560. The summed E-state index contributed by atoms with van der Waals surface area (Å²) in [7, 11) is 0. The second kappa shape index (κ2) is 5.14. The summed E-state index contributed by atoms with van der Waals surface area (Å²) in [5.74, 6) is 0. The summed E-state index contributed by atoms with van der Waals surface area (Å²) < 4.78 is 0. The van der Waals surface area contributed by atoms with E-state index in [9.17, 15) is 5.11 Å². The van der Waals surface area contributed by atoms with Crippen LogP contribution in [0.25, 0.3) is 0 Å². The van der Waals surface area contributed by atoms with Crippen LogP contribution in [-0.4, -0.2) is 11.2 Å². The Balaban J connectivity index is 2.34. The van der Waals surface area contributed by atoms with Gasteiger partial charge in [-0.05, 0) is 32.1 Å². The molecule has 0 aromatic rings. The topological polar surface area (TPSA) is 20.2 Å². The molecular weight excluding hydrogens is 136 g/mol. The first-order valence-corrected chi connectivity index (χ1v) is 4.39. The largest absolute Gasteiger partial charge is 0.393 e. The van der Waals surface area contributed by atoms with Crippen LogP contribution in [0.4, 0.5) is 0 Å². The molecule has 1 rings (SSSR count). The number of allylic oxidation sites excluding steroid dienone is 4. The summed E-state index contributed by atoms with van der Waals surface area (Å²) in [5.41, 5.74) is 0. The lowest BCUT2D eigenvalue weighted by Gasteiger charge is -2.07. The number of rotatable bonds is 0. The summed E-state index contributed by atoms with van der Waals surface area (Å²) in [4.78, 5) is 0. The lowest BCUT2D eigenvalue weighted by atomic mass is 10.1. The van der Waals surface area contributed by atoms with Gasteiger partial charge in [-0.3, -0.25) is 0 Å². The Morgan fingerprint density at radius 1 is 1.00 bits per heavy atom. The van der Waals surface area contributed by atoms with Crippen LogP contribution in [0.3, 0.4) is 0 Å². The number of hydrogen-bond donors (Lipinski definition) is 1. The molecule has 1 atom stereocenters. The molecule has 0 fully saturated rings. The monoisotopic (exact) mass is 152 g/mol. The molecule has 0 amide bonds. The molecule has 0 aromatic carbocycles. The standard InChI is InChI=1S/C10H16O/c11-10-8-6-4-2-1-3-5-7-9-10/h1-4,10-11H,5-9H2/b3-1-,4-2-. The predicted molar refractivity (Wildman–Crippen MR) is 47.4 cm³/mol. The van der Waals surface area contributed by atoms with E-state index in [4.69, 9.17) is 0 Å². The van der Waals surface area contributed by atoms with Crippen molar-refractivity contribution in [1.82, 2.24) is 0 Å². The maximum Gasteiger partial charge on any atom is 0.0543 e. The van der Waals surface area contributed by atoms with Crippen molar-refractivity contribution in [3.05, 3.63) is 24.3 Å². The molecule has 0 spiro atoms. The van der Waals surface area contributed by atoms with E-state index in [-0.39, 0.29) is 6.10 Å². The van der Waals surface area contributed by atoms with Crippen molar-refractivity contribution in [3.63, 3.8) is 0 Å². The van der Waals surface area contributed by atoms with Crippen molar-refractivity contribution in [2.45, 2.75) is 38.2 Å². The highest BCUT2D eigenvalue weighted by Gasteiger charge is 2.01. The molecule has 0 saturated carbocycles. The van der Waals surface area contributed by atoms with Gasteiger partial charge >= 0.3 is 0 Å². The van der Waals surface area contributed by atoms with E-state index in [1.54, 1.807) is 0 Å². The van der Waals surface area contributed by atoms with Crippen LogP contribution in [-0.2, 0) is 0 Å². The highest BCUT2D eigenvalue weighted by molar-refractivity contribution is 5.02. The fraction of sp³-hybridized carbons (Fsp3) is 0.600. The highest BCUT2D eigenvalue weighted by atomic mass is 16.3. The summed E-state index contributed by atoms with van der Waals surface area (Å²) in [6.45, 7) is 0. The molecule has 1 aliphatic rings. The van der Waals surface area contributed by atoms with Gasteiger partial charge < -0.3 is 5.11 Å².